The zero-order valence-electron chi connectivity index (χ0n) is 7.24. The van der Waals surface area contributed by atoms with Gasteiger partial charge < -0.3 is 0 Å². The van der Waals surface area contributed by atoms with E-state index in [1.165, 1.54) is 18.2 Å². The largest absolute Gasteiger partial charge is 0.296 e. The first-order valence-corrected chi connectivity index (χ1v) is 5.33. The predicted octanol–water partition coefficient (Wildman–Crippen LogP) is 1.98. The third kappa shape index (κ3) is 2.21. The zero-order valence-corrected chi connectivity index (χ0v) is 8.82. The van der Waals surface area contributed by atoms with Crippen LogP contribution in [0.2, 0.25) is 5.02 Å². The number of hydrogen-bond acceptors (Lipinski definition) is 3. The molecular formula is C8H9ClO3S. The second-order valence-corrected chi connectivity index (χ2v) is 4.65. The lowest BCUT2D eigenvalue weighted by atomic mass is 10.2. The van der Waals surface area contributed by atoms with E-state index in [0.717, 1.165) is 7.11 Å². The lowest BCUT2D eigenvalue weighted by molar-refractivity contribution is 0.397. The van der Waals surface area contributed by atoms with Gasteiger partial charge in [-0.1, -0.05) is 11.6 Å². The van der Waals surface area contributed by atoms with Crippen LogP contribution in [0.1, 0.15) is 5.56 Å². The van der Waals surface area contributed by atoms with E-state index in [0.29, 0.717) is 10.6 Å². The van der Waals surface area contributed by atoms with E-state index in [9.17, 15) is 8.42 Å². The molecule has 0 aromatic heterocycles. The highest BCUT2D eigenvalue weighted by Gasteiger charge is 2.13. The summed E-state index contributed by atoms with van der Waals surface area (Å²) in [5, 5.41) is 0.537. The minimum absolute atomic E-state index is 0.122. The number of hydrogen-bond donors (Lipinski definition) is 0. The summed E-state index contributed by atoms with van der Waals surface area (Å²) in [5.74, 6) is 0. The highest BCUT2D eigenvalue weighted by molar-refractivity contribution is 7.86. The normalized spacial score (nSPS) is 11.6. The lowest BCUT2D eigenvalue weighted by Gasteiger charge is -2.03. The molecule has 0 atom stereocenters. The molecule has 1 aromatic carbocycles. The van der Waals surface area contributed by atoms with E-state index in [4.69, 9.17) is 11.6 Å². The van der Waals surface area contributed by atoms with E-state index >= 15 is 0 Å². The van der Waals surface area contributed by atoms with Gasteiger partial charge in [0.15, 0.2) is 0 Å². The van der Waals surface area contributed by atoms with Crippen molar-refractivity contribution < 1.29 is 12.6 Å². The first-order chi connectivity index (χ1) is 5.97. The van der Waals surface area contributed by atoms with Gasteiger partial charge in [0.25, 0.3) is 10.1 Å². The van der Waals surface area contributed by atoms with E-state index < -0.39 is 10.1 Å². The van der Waals surface area contributed by atoms with Crippen LogP contribution in [0.15, 0.2) is 23.1 Å². The maximum atomic E-state index is 11.2. The molecule has 0 saturated heterocycles. The first kappa shape index (κ1) is 10.5. The Morgan fingerprint density at radius 1 is 1.38 bits per heavy atom. The van der Waals surface area contributed by atoms with Gasteiger partial charge in [0.1, 0.15) is 0 Å². The van der Waals surface area contributed by atoms with Crippen LogP contribution in [-0.2, 0) is 14.3 Å². The molecule has 0 aliphatic rings. The molecule has 0 N–H and O–H groups in total. The van der Waals surface area contributed by atoms with Crippen molar-refractivity contribution in [3.05, 3.63) is 28.8 Å². The minimum Gasteiger partial charge on any atom is -0.270 e. The molecule has 0 saturated carbocycles. The van der Waals surface area contributed by atoms with Crippen molar-refractivity contribution in [3.8, 4) is 0 Å². The minimum atomic E-state index is -3.60. The van der Waals surface area contributed by atoms with Crippen LogP contribution in [0.3, 0.4) is 0 Å². The number of rotatable bonds is 2. The summed E-state index contributed by atoms with van der Waals surface area (Å²) in [4.78, 5) is 0.122. The fraction of sp³-hybridized carbons (Fsp3) is 0.250. The third-order valence-corrected chi connectivity index (χ3v) is 3.33. The number of halogens is 1. The third-order valence-electron chi connectivity index (χ3n) is 1.64. The molecule has 0 amide bonds. The summed E-state index contributed by atoms with van der Waals surface area (Å²) in [6.07, 6.45) is 0. The Kier molecular flexibility index (Phi) is 2.95. The SMILES string of the molecule is COS(=O)(=O)c1ccc(Cl)c(C)c1. The summed E-state index contributed by atoms with van der Waals surface area (Å²) < 4.78 is 26.7. The molecule has 0 aliphatic heterocycles. The quantitative estimate of drug-likeness (QED) is 0.716. The molecule has 0 heterocycles. The summed E-state index contributed by atoms with van der Waals surface area (Å²) in [7, 11) is -2.47. The fourth-order valence-corrected chi connectivity index (χ4v) is 1.73. The van der Waals surface area contributed by atoms with E-state index in [-0.39, 0.29) is 4.90 Å². The van der Waals surface area contributed by atoms with Crippen molar-refractivity contribution in [2.24, 2.45) is 0 Å². The number of aryl methyl sites for hydroxylation is 1. The Balaban J connectivity index is 3.27. The summed E-state index contributed by atoms with van der Waals surface area (Å²) >= 11 is 5.74. The second kappa shape index (κ2) is 3.65. The Morgan fingerprint density at radius 2 is 2.00 bits per heavy atom. The average Bonchev–Trinajstić information content (AvgIpc) is 2.09. The van der Waals surface area contributed by atoms with Crippen molar-refractivity contribution in [2.45, 2.75) is 11.8 Å². The Hall–Kier alpha value is -0.580. The molecule has 5 heteroatoms. The maximum Gasteiger partial charge on any atom is 0.296 e. The Morgan fingerprint density at radius 3 is 2.46 bits per heavy atom. The van der Waals surface area contributed by atoms with Gasteiger partial charge in [-0.2, -0.15) is 8.42 Å². The smallest absolute Gasteiger partial charge is 0.270 e. The van der Waals surface area contributed by atoms with Gasteiger partial charge in [-0.3, -0.25) is 4.18 Å². The van der Waals surface area contributed by atoms with Crippen LogP contribution in [0, 0.1) is 6.92 Å². The summed E-state index contributed by atoms with van der Waals surface area (Å²) in [5.41, 5.74) is 0.708. The highest BCUT2D eigenvalue weighted by atomic mass is 35.5. The molecule has 0 fully saturated rings. The Labute approximate surface area is 82.4 Å². The van der Waals surface area contributed by atoms with Crippen LogP contribution >= 0.6 is 11.6 Å². The van der Waals surface area contributed by atoms with Crippen molar-refractivity contribution in [2.75, 3.05) is 7.11 Å². The van der Waals surface area contributed by atoms with Crippen molar-refractivity contribution in [1.82, 2.24) is 0 Å². The van der Waals surface area contributed by atoms with E-state index in [1.807, 2.05) is 0 Å². The predicted molar refractivity (Wildman–Crippen MR) is 50.4 cm³/mol. The van der Waals surface area contributed by atoms with Gasteiger partial charge >= 0.3 is 0 Å². The molecule has 0 radical (unpaired) electrons. The Bertz CT molecular complexity index is 411. The molecule has 0 aliphatic carbocycles. The molecular weight excluding hydrogens is 212 g/mol. The second-order valence-electron chi connectivity index (χ2n) is 2.53. The van der Waals surface area contributed by atoms with Crippen molar-refractivity contribution >= 4 is 21.7 Å². The molecule has 0 spiro atoms. The van der Waals surface area contributed by atoms with Crippen molar-refractivity contribution in [3.63, 3.8) is 0 Å². The standard InChI is InChI=1S/C8H9ClO3S/c1-6-5-7(3-4-8(6)9)13(10,11)12-2/h3-5H,1-2H3. The van der Waals surface area contributed by atoms with Crippen LogP contribution in [0.4, 0.5) is 0 Å². The molecule has 1 rings (SSSR count). The maximum absolute atomic E-state index is 11.2. The monoisotopic (exact) mass is 220 g/mol. The topological polar surface area (TPSA) is 43.4 Å². The van der Waals surface area contributed by atoms with Crippen LogP contribution in [0.25, 0.3) is 0 Å². The van der Waals surface area contributed by atoms with Crippen LogP contribution < -0.4 is 0 Å². The lowest BCUT2D eigenvalue weighted by Crippen LogP contribution is -2.02. The van der Waals surface area contributed by atoms with E-state index in [2.05, 4.69) is 4.18 Å². The summed E-state index contributed by atoms with van der Waals surface area (Å²) in [6.45, 7) is 1.73. The van der Waals surface area contributed by atoms with Gasteiger partial charge in [0.2, 0.25) is 0 Å². The molecule has 3 nitrogen and oxygen atoms in total. The highest BCUT2D eigenvalue weighted by Crippen LogP contribution is 2.20. The van der Waals surface area contributed by atoms with Gasteiger partial charge in [-0.05, 0) is 30.7 Å². The molecule has 0 bridgehead atoms. The van der Waals surface area contributed by atoms with E-state index in [1.54, 1.807) is 6.92 Å². The fourth-order valence-electron chi connectivity index (χ4n) is 0.869. The molecule has 13 heavy (non-hydrogen) atoms. The van der Waals surface area contributed by atoms with Crippen molar-refractivity contribution in [1.29, 1.82) is 0 Å². The van der Waals surface area contributed by atoms with Gasteiger partial charge in [0, 0.05) is 5.02 Å². The van der Waals surface area contributed by atoms with Gasteiger partial charge in [-0.25, -0.2) is 0 Å². The molecule has 72 valence electrons. The molecule has 1 aromatic rings. The number of benzene rings is 1. The first-order valence-electron chi connectivity index (χ1n) is 3.54. The zero-order chi connectivity index (χ0) is 10.1. The summed E-state index contributed by atoms with van der Waals surface area (Å²) in [6, 6.07) is 4.41. The molecule has 0 unspecified atom stereocenters. The van der Waals surface area contributed by atoms with Crippen LogP contribution in [-0.4, -0.2) is 15.5 Å². The average molecular weight is 221 g/mol. The van der Waals surface area contributed by atoms with Gasteiger partial charge in [-0.15, -0.1) is 0 Å². The van der Waals surface area contributed by atoms with Crippen LogP contribution in [0.5, 0.6) is 0 Å². The van der Waals surface area contributed by atoms with Gasteiger partial charge in [0.05, 0.1) is 12.0 Å².